The maximum absolute atomic E-state index is 11.0. The molecular formula is C8H4BrClO2. The summed E-state index contributed by atoms with van der Waals surface area (Å²) in [5.41, 5.74) is 1.35. The first-order valence-electron chi connectivity index (χ1n) is 3.34. The van der Waals surface area contributed by atoms with Gasteiger partial charge >= 0.3 is 5.97 Å². The molecule has 0 saturated heterocycles. The number of esters is 1. The Morgan fingerprint density at radius 1 is 1.50 bits per heavy atom. The minimum atomic E-state index is -0.292. The third kappa shape index (κ3) is 1.04. The van der Waals surface area contributed by atoms with Gasteiger partial charge in [-0.1, -0.05) is 11.6 Å². The normalized spacial score (nSPS) is 14.3. The highest BCUT2D eigenvalue weighted by Crippen LogP contribution is 2.32. The van der Waals surface area contributed by atoms with Crippen LogP contribution in [0.25, 0.3) is 0 Å². The van der Waals surface area contributed by atoms with E-state index < -0.39 is 0 Å². The number of rotatable bonds is 0. The van der Waals surface area contributed by atoms with Crippen molar-refractivity contribution < 1.29 is 9.53 Å². The molecule has 0 atom stereocenters. The molecule has 0 fully saturated rings. The number of halogens is 2. The Hall–Kier alpha value is -0.540. The van der Waals surface area contributed by atoms with Crippen molar-refractivity contribution >= 4 is 33.5 Å². The Bertz CT molecular complexity index is 362. The topological polar surface area (TPSA) is 26.3 Å². The lowest BCUT2D eigenvalue weighted by Crippen LogP contribution is -1.92. The van der Waals surface area contributed by atoms with E-state index in [2.05, 4.69) is 15.9 Å². The van der Waals surface area contributed by atoms with Crippen LogP contribution in [0.1, 0.15) is 15.9 Å². The summed E-state index contributed by atoms with van der Waals surface area (Å²) in [6, 6.07) is 3.45. The molecule has 2 nitrogen and oxygen atoms in total. The van der Waals surface area contributed by atoms with Gasteiger partial charge in [-0.05, 0) is 28.1 Å². The van der Waals surface area contributed by atoms with Crippen LogP contribution < -0.4 is 0 Å². The summed E-state index contributed by atoms with van der Waals surface area (Å²) in [5, 5.41) is 0.568. The van der Waals surface area contributed by atoms with Gasteiger partial charge in [0.2, 0.25) is 0 Å². The molecule has 1 heterocycles. The van der Waals surface area contributed by atoms with Gasteiger partial charge in [0.05, 0.1) is 10.6 Å². The van der Waals surface area contributed by atoms with E-state index in [1.165, 1.54) is 0 Å². The zero-order valence-corrected chi connectivity index (χ0v) is 8.28. The minimum absolute atomic E-state index is 0.284. The fourth-order valence-electron chi connectivity index (χ4n) is 1.14. The van der Waals surface area contributed by atoms with E-state index in [4.69, 9.17) is 16.3 Å². The van der Waals surface area contributed by atoms with E-state index in [1.54, 1.807) is 12.1 Å². The van der Waals surface area contributed by atoms with Crippen LogP contribution in [0.15, 0.2) is 16.6 Å². The van der Waals surface area contributed by atoms with Crippen LogP contribution in [0, 0.1) is 0 Å². The molecule has 1 aromatic carbocycles. The van der Waals surface area contributed by atoms with Crippen molar-refractivity contribution in [1.29, 1.82) is 0 Å². The lowest BCUT2D eigenvalue weighted by atomic mass is 10.1. The summed E-state index contributed by atoms with van der Waals surface area (Å²) in [5.74, 6) is -0.292. The molecule has 2 rings (SSSR count). The van der Waals surface area contributed by atoms with Crippen molar-refractivity contribution in [2.45, 2.75) is 6.61 Å². The van der Waals surface area contributed by atoms with Crippen LogP contribution in [0.2, 0.25) is 5.02 Å². The van der Waals surface area contributed by atoms with Crippen molar-refractivity contribution in [2.75, 3.05) is 0 Å². The average Bonchev–Trinajstić information content (AvgIpc) is 2.41. The molecule has 4 heteroatoms. The van der Waals surface area contributed by atoms with Gasteiger partial charge in [-0.3, -0.25) is 0 Å². The summed E-state index contributed by atoms with van der Waals surface area (Å²) in [7, 11) is 0. The third-order valence-electron chi connectivity index (χ3n) is 1.76. The molecular weight excluding hydrogens is 243 g/mol. The zero-order chi connectivity index (χ0) is 8.72. The number of benzene rings is 1. The Morgan fingerprint density at radius 2 is 2.25 bits per heavy atom. The van der Waals surface area contributed by atoms with E-state index in [9.17, 15) is 4.79 Å². The third-order valence-corrected chi connectivity index (χ3v) is 3.08. The molecule has 12 heavy (non-hydrogen) atoms. The monoisotopic (exact) mass is 246 g/mol. The molecule has 0 aromatic heterocycles. The zero-order valence-electron chi connectivity index (χ0n) is 5.93. The highest BCUT2D eigenvalue weighted by molar-refractivity contribution is 9.10. The molecule has 0 aliphatic carbocycles. The lowest BCUT2D eigenvalue weighted by molar-refractivity contribution is 0.0535. The van der Waals surface area contributed by atoms with Gasteiger partial charge in [-0.2, -0.15) is 0 Å². The highest BCUT2D eigenvalue weighted by Gasteiger charge is 2.24. The highest BCUT2D eigenvalue weighted by atomic mass is 79.9. The van der Waals surface area contributed by atoms with Crippen LogP contribution >= 0.6 is 27.5 Å². The summed E-state index contributed by atoms with van der Waals surface area (Å²) >= 11 is 9.19. The predicted molar refractivity (Wildman–Crippen MR) is 48.3 cm³/mol. The van der Waals surface area contributed by atoms with Crippen LogP contribution in [0.4, 0.5) is 0 Å². The Labute approximate surface area is 82.6 Å². The van der Waals surface area contributed by atoms with Crippen molar-refractivity contribution in [3.8, 4) is 0 Å². The number of carbonyl (C=O) groups is 1. The first-order valence-corrected chi connectivity index (χ1v) is 4.51. The summed E-state index contributed by atoms with van der Waals surface area (Å²) < 4.78 is 5.61. The molecule has 1 aliphatic rings. The van der Waals surface area contributed by atoms with E-state index in [0.29, 0.717) is 10.6 Å². The van der Waals surface area contributed by atoms with Crippen LogP contribution in [-0.4, -0.2) is 5.97 Å². The first kappa shape index (κ1) is 8.08. The number of hydrogen-bond donors (Lipinski definition) is 0. The predicted octanol–water partition coefficient (Wildman–Crippen LogP) is 2.77. The van der Waals surface area contributed by atoms with Gasteiger partial charge < -0.3 is 4.74 Å². The van der Waals surface area contributed by atoms with Gasteiger partial charge in [0.25, 0.3) is 0 Å². The van der Waals surface area contributed by atoms with E-state index >= 15 is 0 Å². The second-order valence-electron chi connectivity index (χ2n) is 2.46. The first-order chi connectivity index (χ1) is 5.70. The number of hydrogen-bond acceptors (Lipinski definition) is 2. The van der Waals surface area contributed by atoms with Gasteiger partial charge in [-0.25, -0.2) is 4.79 Å². The largest absolute Gasteiger partial charge is 0.457 e. The summed E-state index contributed by atoms with van der Waals surface area (Å²) in [6.45, 7) is 0.284. The minimum Gasteiger partial charge on any atom is -0.457 e. The fourth-order valence-corrected chi connectivity index (χ4v) is 1.73. The van der Waals surface area contributed by atoms with Gasteiger partial charge in [-0.15, -0.1) is 0 Å². The Balaban J connectivity index is 2.68. The quantitative estimate of drug-likeness (QED) is 0.659. The Kier molecular flexibility index (Phi) is 1.85. The maximum atomic E-state index is 11.0. The summed E-state index contributed by atoms with van der Waals surface area (Å²) in [6.07, 6.45) is 0. The molecule has 0 saturated carbocycles. The van der Waals surface area contributed by atoms with Gasteiger partial charge in [0, 0.05) is 10.0 Å². The lowest BCUT2D eigenvalue weighted by Gasteiger charge is -1.99. The number of cyclic esters (lactones) is 1. The van der Waals surface area contributed by atoms with Crippen LogP contribution in [0.5, 0.6) is 0 Å². The number of ether oxygens (including phenoxy) is 1. The van der Waals surface area contributed by atoms with Crippen LogP contribution in [0.3, 0.4) is 0 Å². The fraction of sp³-hybridized carbons (Fsp3) is 0.125. The molecule has 0 bridgehead atoms. The van der Waals surface area contributed by atoms with Gasteiger partial charge in [0.15, 0.2) is 0 Å². The average molecular weight is 247 g/mol. The molecule has 0 unspecified atom stereocenters. The van der Waals surface area contributed by atoms with Crippen molar-refractivity contribution in [3.63, 3.8) is 0 Å². The molecule has 1 aliphatic heterocycles. The standard InChI is InChI=1S/C8H4BrClO2/c9-6-2-1-4-5(7(6)10)3-12-8(4)11/h1-2H,3H2. The Morgan fingerprint density at radius 3 is 3.00 bits per heavy atom. The SMILES string of the molecule is O=C1OCc2c1ccc(Br)c2Cl. The summed E-state index contributed by atoms with van der Waals surface area (Å²) in [4.78, 5) is 11.0. The second kappa shape index (κ2) is 2.75. The smallest absolute Gasteiger partial charge is 0.338 e. The van der Waals surface area contributed by atoms with Crippen LogP contribution in [-0.2, 0) is 11.3 Å². The molecule has 0 amide bonds. The number of carbonyl (C=O) groups excluding carboxylic acids is 1. The second-order valence-corrected chi connectivity index (χ2v) is 3.70. The molecule has 0 spiro atoms. The van der Waals surface area contributed by atoms with Crippen molar-refractivity contribution in [1.82, 2.24) is 0 Å². The molecule has 0 radical (unpaired) electrons. The molecule has 0 N–H and O–H groups in total. The molecule has 1 aromatic rings. The van der Waals surface area contributed by atoms with Gasteiger partial charge in [0.1, 0.15) is 6.61 Å². The maximum Gasteiger partial charge on any atom is 0.338 e. The van der Waals surface area contributed by atoms with E-state index in [-0.39, 0.29) is 12.6 Å². The van der Waals surface area contributed by atoms with E-state index in [1.807, 2.05) is 0 Å². The van der Waals surface area contributed by atoms with E-state index in [0.717, 1.165) is 10.0 Å². The van der Waals surface area contributed by atoms with Crippen molar-refractivity contribution in [3.05, 3.63) is 32.8 Å². The number of fused-ring (bicyclic) bond motifs is 1. The van der Waals surface area contributed by atoms with Crippen molar-refractivity contribution in [2.24, 2.45) is 0 Å². The molecule has 62 valence electrons.